The van der Waals surface area contributed by atoms with Crippen LogP contribution in [0.5, 0.6) is 0 Å². The molecule has 3 rings (SSSR count). The van der Waals surface area contributed by atoms with Gasteiger partial charge in [0.1, 0.15) is 5.76 Å². The van der Waals surface area contributed by atoms with Crippen molar-refractivity contribution in [2.45, 2.75) is 19.3 Å². The van der Waals surface area contributed by atoms with E-state index in [1.807, 2.05) is 24.2 Å². The molecule has 0 atom stereocenters. The SMILES string of the molecule is C=C1C=CCCN1C.C=C1C=CCCO1.CN1C=CC(=O)CC1. The van der Waals surface area contributed by atoms with E-state index in [1.54, 1.807) is 6.08 Å². The number of carbonyl (C=O) groups excluding carboxylic acids is 1. The van der Waals surface area contributed by atoms with E-state index in [9.17, 15) is 4.79 Å². The molecule has 0 spiro atoms. The summed E-state index contributed by atoms with van der Waals surface area (Å²) < 4.78 is 5.00. The molecule has 0 saturated heterocycles. The Morgan fingerprint density at radius 1 is 1.04 bits per heavy atom. The van der Waals surface area contributed by atoms with E-state index in [0.29, 0.717) is 6.42 Å². The Kier molecular flexibility index (Phi) is 8.58. The number of carbonyl (C=O) groups is 1. The molecule has 3 aliphatic rings. The van der Waals surface area contributed by atoms with Crippen LogP contribution in [0.4, 0.5) is 0 Å². The molecule has 4 nitrogen and oxygen atoms in total. The lowest BCUT2D eigenvalue weighted by atomic mass is 10.2. The van der Waals surface area contributed by atoms with Crippen molar-refractivity contribution in [3.05, 3.63) is 61.2 Å². The highest BCUT2D eigenvalue weighted by Gasteiger charge is 2.03. The maximum absolute atomic E-state index is 10.5. The van der Waals surface area contributed by atoms with Crippen LogP contribution < -0.4 is 0 Å². The van der Waals surface area contributed by atoms with E-state index in [2.05, 4.69) is 43.3 Å². The fourth-order valence-corrected chi connectivity index (χ4v) is 1.93. The maximum atomic E-state index is 10.5. The lowest BCUT2D eigenvalue weighted by Gasteiger charge is -2.21. The van der Waals surface area contributed by atoms with E-state index >= 15 is 0 Å². The summed E-state index contributed by atoms with van der Waals surface area (Å²) in [7, 11) is 4.02. The Morgan fingerprint density at radius 3 is 2.13 bits per heavy atom. The van der Waals surface area contributed by atoms with E-state index in [4.69, 9.17) is 4.74 Å². The fourth-order valence-electron chi connectivity index (χ4n) is 1.93. The minimum absolute atomic E-state index is 0.239. The van der Waals surface area contributed by atoms with Crippen molar-refractivity contribution in [1.29, 1.82) is 0 Å². The average molecular weight is 316 g/mol. The summed E-state index contributed by atoms with van der Waals surface area (Å²) in [5.41, 5.74) is 1.12. The Balaban J connectivity index is 0.000000173. The second-order valence-corrected chi connectivity index (χ2v) is 5.62. The van der Waals surface area contributed by atoms with Crippen molar-refractivity contribution in [3.63, 3.8) is 0 Å². The normalized spacial score (nSPS) is 19.5. The smallest absolute Gasteiger partial charge is 0.158 e. The van der Waals surface area contributed by atoms with Crippen LogP contribution in [-0.4, -0.2) is 49.4 Å². The molecule has 0 bridgehead atoms. The predicted octanol–water partition coefficient (Wildman–Crippen LogP) is 3.27. The topological polar surface area (TPSA) is 32.8 Å². The Labute approximate surface area is 140 Å². The molecular formula is C19H28N2O2. The summed E-state index contributed by atoms with van der Waals surface area (Å²) in [6, 6.07) is 0. The minimum Gasteiger partial charge on any atom is -0.494 e. The second kappa shape index (κ2) is 10.5. The molecule has 0 fully saturated rings. The molecule has 0 saturated carbocycles. The van der Waals surface area contributed by atoms with Gasteiger partial charge in [0, 0.05) is 45.5 Å². The average Bonchev–Trinajstić information content (AvgIpc) is 2.55. The van der Waals surface area contributed by atoms with Gasteiger partial charge in [-0.15, -0.1) is 0 Å². The molecule has 0 aromatic carbocycles. The first-order valence-electron chi connectivity index (χ1n) is 7.95. The highest BCUT2D eigenvalue weighted by molar-refractivity contribution is 5.90. The number of rotatable bonds is 0. The van der Waals surface area contributed by atoms with Crippen molar-refractivity contribution in [2.75, 3.05) is 33.8 Å². The van der Waals surface area contributed by atoms with Crippen LogP contribution in [0.3, 0.4) is 0 Å². The third-order valence-electron chi connectivity index (χ3n) is 3.53. The zero-order valence-corrected chi connectivity index (χ0v) is 14.3. The molecule has 0 amide bonds. The van der Waals surface area contributed by atoms with Gasteiger partial charge < -0.3 is 14.5 Å². The monoisotopic (exact) mass is 316 g/mol. The number of likely N-dealkylation sites (N-methyl/N-ethyl adjacent to an activating group) is 1. The number of ketones is 1. The molecule has 4 heteroatoms. The van der Waals surface area contributed by atoms with Crippen LogP contribution in [0.25, 0.3) is 0 Å². The molecule has 3 aliphatic heterocycles. The van der Waals surface area contributed by atoms with Gasteiger partial charge >= 0.3 is 0 Å². The molecule has 126 valence electrons. The third-order valence-corrected chi connectivity index (χ3v) is 3.53. The summed E-state index contributed by atoms with van der Waals surface area (Å²) in [5.74, 6) is 1.02. The van der Waals surface area contributed by atoms with E-state index in [0.717, 1.165) is 44.0 Å². The quantitative estimate of drug-likeness (QED) is 0.687. The molecule has 0 aliphatic carbocycles. The first kappa shape index (κ1) is 18.8. The summed E-state index contributed by atoms with van der Waals surface area (Å²) in [6.07, 6.45) is 14.5. The molecule has 0 unspecified atom stereocenters. The third kappa shape index (κ3) is 8.71. The summed E-state index contributed by atoms with van der Waals surface area (Å²) in [5, 5.41) is 0. The van der Waals surface area contributed by atoms with E-state index in [-0.39, 0.29) is 5.78 Å². The van der Waals surface area contributed by atoms with Crippen molar-refractivity contribution >= 4 is 5.78 Å². The lowest BCUT2D eigenvalue weighted by Crippen LogP contribution is -2.19. The Bertz CT molecular complexity index is 503. The number of hydrogen-bond acceptors (Lipinski definition) is 4. The molecule has 0 N–H and O–H groups in total. The Hall–Kier alpha value is -2.23. The van der Waals surface area contributed by atoms with Gasteiger partial charge in [0.2, 0.25) is 0 Å². The second-order valence-electron chi connectivity index (χ2n) is 5.62. The summed E-state index contributed by atoms with van der Waals surface area (Å²) in [6.45, 7) is 10.2. The number of nitrogens with zero attached hydrogens (tertiary/aromatic N) is 2. The predicted molar refractivity (Wildman–Crippen MR) is 95.8 cm³/mol. The number of allylic oxidation sites excluding steroid dienone is 3. The van der Waals surface area contributed by atoms with Gasteiger partial charge in [-0.2, -0.15) is 0 Å². The van der Waals surface area contributed by atoms with Crippen LogP contribution in [0, 0.1) is 0 Å². The van der Waals surface area contributed by atoms with E-state index in [1.165, 1.54) is 0 Å². The largest absolute Gasteiger partial charge is 0.494 e. The molecule has 0 aromatic heterocycles. The van der Waals surface area contributed by atoms with Gasteiger partial charge in [0.25, 0.3) is 0 Å². The first-order chi connectivity index (χ1) is 11.0. The van der Waals surface area contributed by atoms with Gasteiger partial charge in [0.05, 0.1) is 6.61 Å². The van der Waals surface area contributed by atoms with Crippen molar-refractivity contribution in [3.8, 4) is 0 Å². The molecule has 3 heterocycles. The van der Waals surface area contributed by atoms with Crippen molar-refractivity contribution < 1.29 is 9.53 Å². The zero-order valence-electron chi connectivity index (χ0n) is 14.3. The standard InChI is InChI=1S/C7H11N.C6H9NO.C6H8O/c1-7-5-3-4-6-8(7)2;1-7-4-2-6(8)3-5-7;1-6-4-2-3-5-7-6/h3,5H,1,4,6H2,2H3;2,4H,3,5H2,1H3;2,4H,1,3,5H2. The van der Waals surface area contributed by atoms with Gasteiger partial charge in [-0.05, 0) is 31.1 Å². The van der Waals surface area contributed by atoms with E-state index < -0.39 is 0 Å². The summed E-state index contributed by atoms with van der Waals surface area (Å²) in [4.78, 5) is 14.6. The number of hydrogen-bond donors (Lipinski definition) is 0. The number of ether oxygens (including phenoxy) is 1. The van der Waals surface area contributed by atoms with Gasteiger partial charge in [-0.25, -0.2) is 0 Å². The van der Waals surface area contributed by atoms with Crippen LogP contribution in [0.15, 0.2) is 61.2 Å². The molecule has 0 aromatic rings. The van der Waals surface area contributed by atoms with Gasteiger partial charge in [0.15, 0.2) is 5.78 Å². The maximum Gasteiger partial charge on any atom is 0.158 e. The van der Waals surface area contributed by atoms with Gasteiger partial charge in [-0.3, -0.25) is 4.79 Å². The molecule has 23 heavy (non-hydrogen) atoms. The summed E-state index contributed by atoms with van der Waals surface area (Å²) >= 11 is 0. The van der Waals surface area contributed by atoms with Crippen LogP contribution in [-0.2, 0) is 9.53 Å². The zero-order chi connectivity index (χ0) is 17.1. The highest BCUT2D eigenvalue weighted by atomic mass is 16.5. The molecule has 0 radical (unpaired) electrons. The first-order valence-corrected chi connectivity index (χ1v) is 7.95. The fraction of sp³-hybridized carbons (Fsp3) is 0.421. The lowest BCUT2D eigenvalue weighted by molar-refractivity contribution is -0.115. The van der Waals surface area contributed by atoms with Crippen LogP contribution in [0.1, 0.15) is 19.3 Å². The minimum atomic E-state index is 0.239. The van der Waals surface area contributed by atoms with Crippen molar-refractivity contribution in [1.82, 2.24) is 9.80 Å². The van der Waals surface area contributed by atoms with Crippen LogP contribution >= 0.6 is 0 Å². The molecular weight excluding hydrogens is 288 g/mol. The van der Waals surface area contributed by atoms with Crippen molar-refractivity contribution in [2.24, 2.45) is 0 Å². The Morgan fingerprint density at radius 2 is 1.78 bits per heavy atom. The van der Waals surface area contributed by atoms with Gasteiger partial charge in [-0.1, -0.05) is 25.3 Å². The highest BCUT2D eigenvalue weighted by Crippen LogP contribution is 2.07. The van der Waals surface area contributed by atoms with Crippen LogP contribution in [0.2, 0.25) is 0 Å².